The number of hydrogen-bond donors (Lipinski definition) is 5. The molecule has 0 aromatic rings. The fourth-order valence-electron chi connectivity index (χ4n) is 0.580. The van der Waals surface area contributed by atoms with E-state index in [4.69, 9.17) is 25.1 Å². The Hall–Kier alpha value is -0.340. The second kappa shape index (κ2) is 5.52. The molecule has 0 rings (SSSR count). The maximum atomic E-state index is 10.1. The topological polar surface area (TPSA) is 145 Å². The van der Waals surface area contributed by atoms with Crippen molar-refractivity contribution in [3.05, 3.63) is 0 Å². The van der Waals surface area contributed by atoms with E-state index in [1.165, 1.54) is 0 Å². The van der Waals surface area contributed by atoms with Gasteiger partial charge in [0.25, 0.3) is 0 Å². The van der Waals surface area contributed by atoms with E-state index in [0.29, 0.717) is 0 Å². The molecule has 0 aliphatic heterocycles. The Morgan fingerprint density at radius 2 is 1.79 bits per heavy atom. The van der Waals surface area contributed by atoms with Crippen LogP contribution in [0.4, 0.5) is 0 Å². The molecule has 0 saturated heterocycles. The minimum atomic E-state index is -4.74. The third-order valence-electron chi connectivity index (χ3n) is 1.30. The van der Waals surface area contributed by atoms with Crippen LogP contribution in [0.25, 0.3) is 0 Å². The number of phosphoric ester groups is 1. The summed E-state index contributed by atoms with van der Waals surface area (Å²) in [7, 11) is -4.74. The van der Waals surface area contributed by atoms with Crippen LogP contribution in [0.5, 0.6) is 0 Å². The van der Waals surface area contributed by atoms with Crippen LogP contribution < -0.4 is 0 Å². The number of aliphatic hydroxyl groups is 3. The molecule has 0 aromatic heterocycles. The fourth-order valence-corrected chi connectivity index (χ4v) is 0.927. The number of rotatable bonds is 6. The van der Waals surface area contributed by atoms with Crippen molar-refractivity contribution in [3.63, 3.8) is 0 Å². The maximum absolute atomic E-state index is 10.1. The SMILES string of the molecule is O=C[C@@H](O)[C@H](O)[C@@H](O)COP(=O)(O)O. The molecular weight excluding hydrogens is 219 g/mol. The lowest BCUT2D eigenvalue weighted by Crippen LogP contribution is -2.40. The lowest BCUT2D eigenvalue weighted by molar-refractivity contribution is -0.127. The van der Waals surface area contributed by atoms with E-state index < -0.39 is 32.7 Å². The van der Waals surface area contributed by atoms with E-state index >= 15 is 0 Å². The van der Waals surface area contributed by atoms with Gasteiger partial charge in [0.15, 0.2) is 6.29 Å². The fraction of sp³-hybridized carbons (Fsp3) is 0.800. The molecule has 0 bridgehead atoms. The zero-order valence-corrected chi connectivity index (χ0v) is 7.82. The van der Waals surface area contributed by atoms with Crippen molar-refractivity contribution >= 4 is 14.1 Å². The average molecular weight is 230 g/mol. The van der Waals surface area contributed by atoms with Crippen molar-refractivity contribution in [3.8, 4) is 0 Å². The van der Waals surface area contributed by atoms with Crippen LogP contribution in [0.2, 0.25) is 0 Å². The van der Waals surface area contributed by atoms with E-state index in [2.05, 4.69) is 4.52 Å². The van der Waals surface area contributed by atoms with Gasteiger partial charge in [0.1, 0.15) is 18.3 Å². The highest BCUT2D eigenvalue weighted by Gasteiger charge is 2.27. The second-order valence-corrected chi connectivity index (χ2v) is 3.71. The molecular formula is C5H11O8P. The summed E-state index contributed by atoms with van der Waals surface area (Å²) in [5, 5.41) is 26.6. The molecule has 0 spiro atoms. The summed E-state index contributed by atoms with van der Waals surface area (Å²) in [6.45, 7) is -0.893. The normalized spacial score (nSPS) is 18.6. The zero-order valence-electron chi connectivity index (χ0n) is 6.92. The highest BCUT2D eigenvalue weighted by atomic mass is 31.2. The molecule has 0 radical (unpaired) electrons. The largest absolute Gasteiger partial charge is 0.469 e. The smallest absolute Gasteiger partial charge is 0.388 e. The zero-order chi connectivity index (χ0) is 11.4. The first-order valence-corrected chi connectivity index (χ1v) is 5.00. The number of carbonyl (C=O) groups excluding carboxylic acids is 1. The van der Waals surface area contributed by atoms with Crippen molar-refractivity contribution in [2.24, 2.45) is 0 Å². The molecule has 3 atom stereocenters. The predicted molar refractivity (Wildman–Crippen MR) is 42.1 cm³/mol. The molecule has 0 unspecified atom stereocenters. The summed E-state index contributed by atoms with van der Waals surface area (Å²) < 4.78 is 14.0. The van der Waals surface area contributed by atoms with Gasteiger partial charge in [-0.2, -0.15) is 0 Å². The van der Waals surface area contributed by atoms with Crippen LogP contribution in [-0.2, 0) is 13.9 Å². The van der Waals surface area contributed by atoms with E-state index in [9.17, 15) is 9.36 Å². The summed E-state index contributed by atoms with van der Waals surface area (Å²) in [5.41, 5.74) is 0. The monoisotopic (exact) mass is 230 g/mol. The number of phosphoric acid groups is 1. The molecule has 0 saturated carbocycles. The highest BCUT2D eigenvalue weighted by molar-refractivity contribution is 7.46. The van der Waals surface area contributed by atoms with Crippen LogP contribution in [0.1, 0.15) is 0 Å². The standard InChI is InChI=1S/C5H11O8P/c6-1-3(7)5(9)4(8)2-13-14(10,11)12/h1,3-5,7-9H,2H2,(H2,10,11,12)/t3-,4+,5+/m1/s1. The van der Waals surface area contributed by atoms with Crippen LogP contribution in [0, 0.1) is 0 Å². The first-order chi connectivity index (χ1) is 6.28. The Morgan fingerprint density at radius 1 is 1.29 bits per heavy atom. The molecule has 8 nitrogen and oxygen atoms in total. The van der Waals surface area contributed by atoms with Crippen LogP contribution in [0.3, 0.4) is 0 Å². The summed E-state index contributed by atoms with van der Waals surface area (Å²) in [6, 6.07) is 0. The lowest BCUT2D eigenvalue weighted by Gasteiger charge is -2.19. The molecule has 9 heteroatoms. The van der Waals surface area contributed by atoms with Gasteiger partial charge in [0, 0.05) is 0 Å². The predicted octanol–water partition coefficient (Wildman–Crippen LogP) is -2.62. The highest BCUT2D eigenvalue weighted by Crippen LogP contribution is 2.35. The Kier molecular flexibility index (Phi) is 5.38. The van der Waals surface area contributed by atoms with Crippen LogP contribution in [0.15, 0.2) is 0 Å². The van der Waals surface area contributed by atoms with Gasteiger partial charge in [-0.3, -0.25) is 4.52 Å². The van der Waals surface area contributed by atoms with Crippen molar-refractivity contribution in [2.75, 3.05) is 6.61 Å². The second-order valence-electron chi connectivity index (χ2n) is 2.47. The summed E-state index contributed by atoms with van der Waals surface area (Å²) in [5.74, 6) is 0. The number of aliphatic hydroxyl groups excluding tert-OH is 3. The van der Waals surface area contributed by atoms with Gasteiger partial charge in [-0.05, 0) is 0 Å². The Labute approximate surface area is 79.0 Å². The molecule has 0 aliphatic carbocycles. The van der Waals surface area contributed by atoms with Crippen molar-refractivity contribution in [1.82, 2.24) is 0 Å². The third-order valence-corrected chi connectivity index (χ3v) is 1.78. The van der Waals surface area contributed by atoms with Gasteiger partial charge in [-0.25, -0.2) is 4.57 Å². The van der Waals surface area contributed by atoms with Gasteiger partial charge in [0.2, 0.25) is 0 Å². The molecule has 0 amide bonds. The lowest BCUT2D eigenvalue weighted by atomic mass is 10.1. The molecule has 5 N–H and O–H groups in total. The quantitative estimate of drug-likeness (QED) is 0.246. The van der Waals surface area contributed by atoms with E-state index in [1.807, 2.05) is 0 Å². The Bertz CT molecular complexity index is 224. The summed E-state index contributed by atoms with van der Waals surface area (Å²) in [6.07, 6.45) is -5.46. The van der Waals surface area contributed by atoms with Crippen LogP contribution in [-0.4, -0.2) is 56.3 Å². The van der Waals surface area contributed by atoms with Crippen molar-refractivity contribution in [1.29, 1.82) is 0 Å². The molecule has 0 heterocycles. The average Bonchev–Trinajstić information content (AvgIpc) is 2.10. The third kappa shape index (κ3) is 5.40. The van der Waals surface area contributed by atoms with Gasteiger partial charge in [-0.15, -0.1) is 0 Å². The van der Waals surface area contributed by atoms with Crippen molar-refractivity contribution < 1.29 is 39.0 Å². The summed E-state index contributed by atoms with van der Waals surface area (Å²) in [4.78, 5) is 26.4. The Morgan fingerprint density at radius 3 is 2.14 bits per heavy atom. The van der Waals surface area contributed by atoms with E-state index in [1.54, 1.807) is 0 Å². The molecule has 0 aromatic carbocycles. The molecule has 0 fully saturated rings. The van der Waals surface area contributed by atoms with E-state index in [0.717, 1.165) is 0 Å². The molecule has 14 heavy (non-hydrogen) atoms. The van der Waals surface area contributed by atoms with Gasteiger partial charge in [-0.1, -0.05) is 0 Å². The first kappa shape index (κ1) is 13.7. The summed E-state index contributed by atoms with van der Waals surface area (Å²) >= 11 is 0. The number of hydrogen-bond acceptors (Lipinski definition) is 6. The molecule has 0 aliphatic rings. The number of carbonyl (C=O) groups is 1. The maximum Gasteiger partial charge on any atom is 0.469 e. The van der Waals surface area contributed by atoms with Crippen molar-refractivity contribution in [2.45, 2.75) is 18.3 Å². The van der Waals surface area contributed by atoms with Gasteiger partial charge < -0.3 is 29.9 Å². The minimum absolute atomic E-state index is 0.0225. The number of aldehydes is 1. The minimum Gasteiger partial charge on any atom is -0.388 e. The van der Waals surface area contributed by atoms with Gasteiger partial charge in [0.05, 0.1) is 6.61 Å². The van der Waals surface area contributed by atoms with E-state index in [-0.39, 0.29) is 6.29 Å². The van der Waals surface area contributed by atoms with Crippen LogP contribution >= 0.6 is 7.82 Å². The Balaban J connectivity index is 4.02. The first-order valence-electron chi connectivity index (χ1n) is 3.47. The molecule has 84 valence electrons. The van der Waals surface area contributed by atoms with Gasteiger partial charge >= 0.3 is 7.82 Å².